The predicted molar refractivity (Wildman–Crippen MR) is 128 cm³/mol. The molecular formula is C25H27N3O4S. The highest BCUT2D eigenvalue weighted by Crippen LogP contribution is 2.34. The number of nitrogens with zero attached hydrogens (tertiary/aromatic N) is 2. The molecule has 1 saturated heterocycles. The minimum atomic E-state index is -0.179. The Bertz CT molecular complexity index is 1280. The molecule has 8 heteroatoms. The minimum absolute atomic E-state index is 0.145. The van der Waals surface area contributed by atoms with Gasteiger partial charge >= 0.3 is 0 Å². The molecule has 33 heavy (non-hydrogen) atoms. The molecule has 5 rings (SSSR count). The Kier molecular flexibility index (Phi) is 6.17. The number of amides is 1. The lowest BCUT2D eigenvalue weighted by atomic mass is 9.90. The molecule has 2 aromatic carbocycles. The number of H-pyrrole nitrogens is 1. The molecule has 0 saturated carbocycles. The maximum atomic E-state index is 13.0. The van der Waals surface area contributed by atoms with E-state index in [0.717, 1.165) is 32.4 Å². The Morgan fingerprint density at radius 2 is 1.82 bits per heavy atom. The van der Waals surface area contributed by atoms with Crippen molar-refractivity contribution in [3.8, 4) is 11.5 Å². The van der Waals surface area contributed by atoms with Crippen LogP contribution >= 0.6 is 12.2 Å². The van der Waals surface area contributed by atoms with Gasteiger partial charge in [-0.05, 0) is 55.4 Å². The number of fused-ring (bicyclic) bond motifs is 2. The SMILES string of the molecule is O=C(CCCn1c(=S)[nH]c2cc3c(cc2c1=O)OCO3)N1CCC(Cc2ccccc2)CC1. The molecule has 1 aromatic heterocycles. The van der Waals surface area contributed by atoms with Crippen LogP contribution in [0.25, 0.3) is 10.9 Å². The number of aromatic nitrogens is 2. The van der Waals surface area contributed by atoms with Gasteiger partial charge in [0.15, 0.2) is 16.3 Å². The second kappa shape index (κ2) is 9.39. The van der Waals surface area contributed by atoms with Crippen molar-refractivity contribution in [1.29, 1.82) is 0 Å². The lowest BCUT2D eigenvalue weighted by Gasteiger charge is -2.32. The van der Waals surface area contributed by atoms with Crippen LogP contribution in [0.3, 0.4) is 0 Å². The third-order valence-corrected chi connectivity index (χ3v) is 6.90. The zero-order chi connectivity index (χ0) is 22.8. The number of benzene rings is 2. The van der Waals surface area contributed by atoms with Crippen molar-refractivity contribution in [2.45, 2.75) is 38.6 Å². The highest BCUT2D eigenvalue weighted by molar-refractivity contribution is 7.71. The molecule has 1 fully saturated rings. The Balaban J connectivity index is 1.16. The van der Waals surface area contributed by atoms with Crippen LogP contribution in [-0.2, 0) is 17.8 Å². The average molecular weight is 466 g/mol. The second-order valence-corrected chi connectivity index (χ2v) is 9.14. The van der Waals surface area contributed by atoms with Gasteiger partial charge in [-0.1, -0.05) is 30.3 Å². The van der Waals surface area contributed by atoms with Crippen LogP contribution < -0.4 is 15.0 Å². The van der Waals surface area contributed by atoms with Crippen molar-refractivity contribution < 1.29 is 14.3 Å². The maximum Gasteiger partial charge on any atom is 0.262 e. The van der Waals surface area contributed by atoms with Gasteiger partial charge in [-0.2, -0.15) is 0 Å². The summed E-state index contributed by atoms with van der Waals surface area (Å²) in [4.78, 5) is 30.8. The lowest BCUT2D eigenvalue weighted by molar-refractivity contribution is -0.132. The zero-order valence-electron chi connectivity index (χ0n) is 18.4. The number of likely N-dealkylation sites (tertiary alicyclic amines) is 1. The molecule has 3 heterocycles. The summed E-state index contributed by atoms with van der Waals surface area (Å²) in [5.41, 5.74) is 1.81. The monoisotopic (exact) mass is 465 g/mol. The van der Waals surface area contributed by atoms with E-state index in [1.54, 1.807) is 12.1 Å². The molecule has 7 nitrogen and oxygen atoms in total. The van der Waals surface area contributed by atoms with E-state index in [1.165, 1.54) is 10.1 Å². The third kappa shape index (κ3) is 4.66. The first-order valence-corrected chi connectivity index (χ1v) is 11.9. The zero-order valence-corrected chi connectivity index (χ0v) is 19.2. The van der Waals surface area contributed by atoms with E-state index in [1.807, 2.05) is 11.0 Å². The van der Waals surface area contributed by atoms with Crippen LogP contribution in [0.4, 0.5) is 0 Å². The first-order valence-electron chi connectivity index (χ1n) is 11.5. The van der Waals surface area contributed by atoms with Gasteiger partial charge in [0.1, 0.15) is 0 Å². The Hall–Kier alpha value is -3.13. The molecule has 0 aliphatic carbocycles. The van der Waals surface area contributed by atoms with E-state index in [0.29, 0.717) is 52.5 Å². The average Bonchev–Trinajstić information content (AvgIpc) is 3.28. The van der Waals surface area contributed by atoms with Crippen molar-refractivity contribution in [3.05, 3.63) is 63.2 Å². The van der Waals surface area contributed by atoms with Crippen molar-refractivity contribution in [2.75, 3.05) is 19.9 Å². The quantitative estimate of drug-likeness (QED) is 0.556. The van der Waals surface area contributed by atoms with Crippen molar-refractivity contribution in [2.24, 2.45) is 5.92 Å². The molecular weight excluding hydrogens is 438 g/mol. The van der Waals surface area contributed by atoms with Crippen LogP contribution in [0.15, 0.2) is 47.3 Å². The van der Waals surface area contributed by atoms with Gasteiger partial charge in [-0.25, -0.2) is 0 Å². The van der Waals surface area contributed by atoms with Gasteiger partial charge in [0, 0.05) is 32.1 Å². The molecule has 0 unspecified atom stereocenters. The van der Waals surface area contributed by atoms with Gasteiger partial charge in [0.05, 0.1) is 10.9 Å². The Labute approximate surface area is 196 Å². The Morgan fingerprint density at radius 3 is 2.58 bits per heavy atom. The van der Waals surface area contributed by atoms with E-state index in [2.05, 4.69) is 29.2 Å². The summed E-state index contributed by atoms with van der Waals surface area (Å²) >= 11 is 5.41. The molecule has 0 atom stereocenters. The van der Waals surface area contributed by atoms with Crippen molar-refractivity contribution in [1.82, 2.24) is 14.5 Å². The number of aromatic amines is 1. The maximum absolute atomic E-state index is 13.0. The normalized spacial score (nSPS) is 15.8. The molecule has 1 N–H and O–H groups in total. The summed E-state index contributed by atoms with van der Waals surface area (Å²) in [6.45, 7) is 2.15. The Morgan fingerprint density at radius 1 is 1.09 bits per heavy atom. The van der Waals surface area contributed by atoms with Gasteiger partial charge in [-0.15, -0.1) is 0 Å². The summed E-state index contributed by atoms with van der Waals surface area (Å²) in [6.07, 6.45) is 4.12. The largest absolute Gasteiger partial charge is 0.454 e. The number of carbonyl (C=O) groups is 1. The summed E-state index contributed by atoms with van der Waals surface area (Å²) in [7, 11) is 0. The van der Waals surface area contributed by atoms with Gasteiger partial charge < -0.3 is 19.4 Å². The fourth-order valence-corrected chi connectivity index (χ4v) is 5.01. The fourth-order valence-electron chi connectivity index (χ4n) is 4.73. The number of nitrogens with one attached hydrogen (secondary N) is 1. The van der Waals surface area contributed by atoms with Gasteiger partial charge in [-0.3, -0.25) is 14.2 Å². The summed E-state index contributed by atoms with van der Waals surface area (Å²) in [6, 6.07) is 14.0. The first-order chi connectivity index (χ1) is 16.1. The number of hydrogen-bond acceptors (Lipinski definition) is 5. The summed E-state index contributed by atoms with van der Waals surface area (Å²) in [5.74, 6) is 1.94. The summed E-state index contributed by atoms with van der Waals surface area (Å²) in [5, 5.41) is 0.500. The molecule has 172 valence electrons. The molecule has 0 radical (unpaired) electrons. The number of carbonyl (C=O) groups excluding carboxylic acids is 1. The standard InChI is InChI=1S/C25H27N3O4S/c29-23(27-11-8-18(9-12-27)13-17-5-2-1-3-6-17)7-4-10-28-24(30)19-14-21-22(32-16-31-21)15-20(19)26-25(28)33/h1-3,5-6,14-15,18H,4,7-13,16H2,(H,26,33). The van der Waals surface area contributed by atoms with Crippen LogP contribution in [0, 0.1) is 10.7 Å². The summed E-state index contributed by atoms with van der Waals surface area (Å²) < 4.78 is 12.6. The van der Waals surface area contributed by atoms with E-state index in [4.69, 9.17) is 21.7 Å². The highest BCUT2D eigenvalue weighted by atomic mass is 32.1. The molecule has 0 bridgehead atoms. The van der Waals surface area contributed by atoms with Crippen LogP contribution in [-0.4, -0.2) is 40.2 Å². The molecule has 2 aliphatic rings. The van der Waals surface area contributed by atoms with E-state index in [-0.39, 0.29) is 18.3 Å². The molecule has 2 aliphatic heterocycles. The first kappa shape index (κ1) is 21.7. The third-order valence-electron chi connectivity index (χ3n) is 6.58. The van der Waals surface area contributed by atoms with Gasteiger partial charge in [0.2, 0.25) is 12.7 Å². The predicted octanol–water partition coefficient (Wildman–Crippen LogP) is 4.05. The lowest BCUT2D eigenvalue weighted by Crippen LogP contribution is -2.39. The fraction of sp³-hybridized carbons (Fsp3) is 0.400. The van der Waals surface area contributed by atoms with E-state index in [9.17, 15) is 9.59 Å². The van der Waals surface area contributed by atoms with Crippen molar-refractivity contribution >= 4 is 29.0 Å². The number of piperidine rings is 1. The smallest absolute Gasteiger partial charge is 0.262 e. The minimum Gasteiger partial charge on any atom is -0.454 e. The number of ether oxygens (including phenoxy) is 2. The number of rotatable bonds is 6. The van der Waals surface area contributed by atoms with Crippen molar-refractivity contribution in [3.63, 3.8) is 0 Å². The van der Waals surface area contributed by atoms with E-state index < -0.39 is 0 Å². The van der Waals surface area contributed by atoms with Crippen LogP contribution in [0.2, 0.25) is 0 Å². The molecule has 1 amide bonds. The molecule has 3 aromatic rings. The second-order valence-electron chi connectivity index (χ2n) is 8.76. The van der Waals surface area contributed by atoms with Crippen LogP contribution in [0.5, 0.6) is 11.5 Å². The molecule has 0 spiro atoms. The number of hydrogen-bond donors (Lipinski definition) is 1. The highest BCUT2D eigenvalue weighted by Gasteiger charge is 2.23. The van der Waals surface area contributed by atoms with E-state index >= 15 is 0 Å². The van der Waals surface area contributed by atoms with Gasteiger partial charge in [0.25, 0.3) is 5.56 Å². The van der Waals surface area contributed by atoms with Crippen LogP contribution in [0.1, 0.15) is 31.2 Å². The topological polar surface area (TPSA) is 76.6 Å².